The van der Waals surface area contributed by atoms with Crippen molar-refractivity contribution >= 4 is 23.2 Å². The smallest absolute Gasteiger partial charge is 0.255 e. The quantitative estimate of drug-likeness (QED) is 0.585. The Kier molecular flexibility index (Phi) is 7.03. The van der Waals surface area contributed by atoms with Crippen LogP contribution in [0.5, 0.6) is 0 Å². The Hall–Kier alpha value is -2.66. The van der Waals surface area contributed by atoms with E-state index in [1.807, 2.05) is 24.3 Å². The van der Waals surface area contributed by atoms with E-state index in [4.69, 9.17) is 11.6 Å². The van der Waals surface area contributed by atoms with Gasteiger partial charge in [0.05, 0.1) is 0 Å². The molecular weight excluding hydrogens is 406 g/mol. The molecule has 1 saturated heterocycles. The highest BCUT2D eigenvalue weighted by atomic mass is 35.5. The third-order valence-corrected chi connectivity index (χ3v) is 6.01. The third kappa shape index (κ3) is 5.95. The number of hydrogen-bond donors (Lipinski definition) is 1. The number of nitrogens with zero attached hydrogens (tertiary/aromatic N) is 2. The van der Waals surface area contributed by atoms with Crippen molar-refractivity contribution in [2.75, 3.05) is 38.5 Å². The van der Waals surface area contributed by atoms with E-state index in [9.17, 15) is 4.79 Å². The van der Waals surface area contributed by atoms with Gasteiger partial charge in [0.2, 0.25) is 0 Å². The van der Waals surface area contributed by atoms with Gasteiger partial charge in [0.15, 0.2) is 0 Å². The molecule has 0 aromatic heterocycles. The van der Waals surface area contributed by atoms with Crippen LogP contribution in [0.4, 0.5) is 5.69 Å². The number of anilines is 1. The molecule has 1 aliphatic rings. The largest absolute Gasteiger partial charge is 0.322 e. The molecule has 0 atom stereocenters. The number of amides is 1. The fraction of sp³-hybridized carbons (Fsp3) is 0.269. The SMILES string of the molecule is CN1CCCN(Cc2ccc(-c3ccc(NC(=O)c4ccc(Cl)cc4)cc3)cc2)CC1. The molecule has 1 N–H and O–H groups in total. The predicted octanol–water partition coefficient (Wildman–Crippen LogP) is 5.40. The maximum Gasteiger partial charge on any atom is 0.255 e. The van der Waals surface area contributed by atoms with Crippen LogP contribution in [0.25, 0.3) is 11.1 Å². The first-order valence-electron chi connectivity index (χ1n) is 10.7. The molecule has 3 aromatic carbocycles. The molecule has 0 spiro atoms. The van der Waals surface area contributed by atoms with E-state index in [1.54, 1.807) is 24.3 Å². The van der Waals surface area contributed by atoms with E-state index < -0.39 is 0 Å². The van der Waals surface area contributed by atoms with Crippen molar-refractivity contribution < 1.29 is 4.79 Å². The van der Waals surface area contributed by atoms with Crippen LogP contribution >= 0.6 is 11.6 Å². The average Bonchev–Trinajstić information content (AvgIpc) is 2.99. The molecule has 0 radical (unpaired) electrons. The van der Waals surface area contributed by atoms with E-state index in [0.717, 1.165) is 37.4 Å². The molecule has 1 amide bonds. The van der Waals surface area contributed by atoms with Crippen molar-refractivity contribution in [2.45, 2.75) is 13.0 Å². The molecule has 160 valence electrons. The second kappa shape index (κ2) is 10.1. The van der Waals surface area contributed by atoms with Crippen molar-refractivity contribution in [3.8, 4) is 11.1 Å². The fourth-order valence-electron chi connectivity index (χ4n) is 3.87. The van der Waals surface area contributed by atoms with E-state index in [1.165, 1.54) is 24.1 Å². The number of likely N-dealkylation sites (N-methyl/N-ethyl adjacent to an activating group) is 1. The molecule has 1 fully saturated rings. The predicted molar refractivity (Wildman–Crippen MR) is 129 cm³/mol. The van der Waals surface area contributed by atoms with Crippen molar-refractivity contribution in [3.63, 3.8) is 0 Å². The van der Waals surface area contributed by atoms with Gasteiger partial charge < -0.3 is 10.2 Å². The highest BCUT2D eigenvalue weighted by Gasteiger charge is 2.12. The van der Waals surface area contributed by atoms with E-state index in [2.05, 4.69) is 46.4 Å². The number of halogens is 1. The zero-order valence-electron chi connectivity index (χ0n) is 17.9. The molecule has 4 rings (SSSR count). The topological polar surface area (TPSA) is 35.6 Å². The standard InChI is InChI=1S/C26H28ClN3O/c1-29-15-2-16-30(18-17-29)19-20-3-5-21(6-4-20)22-9-13-25(14-10-22)28-26(31)23-7-11-24(27)12-8-23/h3-14H,2,15-19H2,1H3,(H,28,31). The number of benzene rings is 3. The summed E-state index contributed by atoms with van der Waals surface area (Å²) in [5.74, 6) is -0.145. The highest BCUT2D eigenvalue weighted by molar-refractivity contribution is 6.30. The van der Waals surface area contributed by atoms with Gasteiger partial charge in [-0.25, -0.2) is 0 Å². The highest BCUT2D eigenvalue weighted by Crippen LogP contribution is 2.23. The number of nitrogens with one attached hydrogen (secondary N) is 1. The summed E-state index contributed by atoms with van der Waals surface area (Å²) in [6, 6.07) is 23.6. The summed E-state index contributed by atoms with van der Waals surface area (Å²) in [6.45, 7) is 5.62. The van der Waals surface area contributed by atoms with Crippen molar-refractivity contribution in [2.24, 2.45) is 0 Å². The van der Waals surface area contributed by atoms with Gasteiger partial charge in [-0.15, -0.1) is 0 Å². The molecule has 31 heavy (non-hydrogen) atoms. The molecular formula is C26H28ClN3O. The Bertz CT molecular complexity index is 1000. The van der Waals surface area contributed by atoms with Crippen molar-refractivity contribution in [1.82, 2.24) is 9.80 Å². The average molecular weight is 434 g/mol. The van der Waals surface area contributed by atoms with Crippen LogP contribution in [0.2, 0.25) is 5.02 Å². The summed E-state index contributed by atoms with van der Waals surface area (Å²) in [5.41, 5.74) is 5.01. The first kappa shape index (κ1) is 21.6. The number of carbonyl (C=O) groups is 1. The minimum Gasteiger partial charge on any atom is -0.322 e. The summed E-state index contributed by atoms with van der Waals surface area (Å²) >= 11 is 5.89. The molecule has 5 heteroatoms. The lowest BCUT2D eigenvalue weighted by Gasteiger charge is -2.20. The maximum absolute atomic E-state index is 12.4. The summed E-state index contributed by atoms with van der Waals surface area (Å²) < 4.78 is 0. The van der Waals surface area contributed by atoms with Crippen molar-refractivity contribution in [3.05, 3.63) is 88.9 Å². The monoisotopic (exact) mass is 433 g/mol. The molecule has 4 nitrogen and oxygen atoms in total. The first-order valence-corrected chi connectivity index (χ1v) is 11.1. The lowest BCUT2D eigenvalue weighted by molar-refractivity contribution is 0.102. The molecule has 3 aromatic rings. The van der Waals surface area contributed by atoms with Gasteiger partial charge >= 0.3 is 0 Å². The summed E-state index contributed by atoms with van der Waals surface area (Å²) in [4.78, 5) is 17.3. The van der Waals surface area contributed by atoms with Gasteiger partial charge in [-0.05, 0) is 79.6 Å². The zero-order chi connectivity index (χ0) is 21.6. The van der Waals surface area contributed by atoms with Crippen LogP contribution in [0.1, 0.15) is 22.3 Å². The van der Waals surface area contributed by atoms with Gasteiger partial charge in [-0.1, -0.05) is 48.0 Å². The van der Waals surface area contributed by atoms with Crippen LogP contribution in [0.15, 0.2) is 72.8 Å². The van der Waals surface area contributed by atoms with Gasteiger partial charge in [-0.2, -0.15) is 0 Å². The van der Waals surface area contributed by atoms with Crippen LogP contribution < -0.4 is 5.32 Å². The first-order chi connectivity index (χ1) is 15.1. The Morgan fingerprint density at radius 1 is 0.839 bits per heavy atom. The Morgan fingerprint density at radius 2 is 1.48 bits per heavy atom. The summed E-state index contributed by atoms with van der Waals surface area (Å²) in [6.07, 6.45) is 1.23. The Balaban J connectivity index is 1.36. The maximum atomic E-state index is 12.4. The lowest BCUT2D eigenvalue weighted by Crippen LogP contribution is -2.28. The zero-order valence-corrected chi connectivity index (χ0v) is 18.6. The van der Waals surface area contributed by atoms with Crippen LogP contribution in [0.3, 0.4) is 0 Å². The second-order valence-corrected chi connectivity index (χ2v) is 8.60. The van der Waals surface area contributed by atoms with Gasteiger partial charge in [0, 0.05) is 35.9 Å². The summed E-state index contributed by atoms with van der Waals surface area (Å²) in [7, 11) is 2.20. The van der Waals surface area contributed by atoms with Gasteiger partial charge in [0.1, 0.15) is 0 Å². The van der Waals surface area contributed by atoms with E-state index >= 15 is 0 Å². The van der Waals surface area contributed by atoms with Crippen LogP contribution in [-0.4, -0.2) is 48.9 Å². The number of carbonyl (C=O) groups excluding carboxylic acids is 1. The number of hydrogen-bond acceptors (Lipinski definition) is 3. The Labute approximate surface area is 189 Å². The molecule has 0 aliphatic carbocycles. The summed E-state index contributed by atoms with van der Waals surface area (Å²) in [5, 5.41) is 3.54. The second-order valence-electron chi connectivity index (χ2n) is 8.17. The van der Waals surface area contributed by atoms with Crippen LogP contribution in [-0.2, 0) is 6.54 Å². The lowest BCUT2D eigenvalue weighted by atomic mass is 10.0. The third-order valence-electron chi connectivity index (χ3n) is 5.75. The molecule has 0 saturated carbocycles. The number of rotatable bonds is 5. The van der Waals surface area contributed by atoms with Crippen LogP contribution in [0, 0.1) is 0 Å². The minimum atomic E-state index is -0.145. The molecule has 1 heterocycles. The van der Waals surface area contributed by atoms with Gasteiger partial charge in [0.25, 0.3) is 5.91 Å². The fourth-order valence-corrected chi connectivity index (χ4v) is 4.00. The molecule has 1 aliphatic heterocycles. The van der Waals surface area contributed by atoms with Crippen molar-refractivity contribution in [1.29, 1.82) is 0 Å². The van der Waals surface area contributed by atoms with Gasteiger partial charge in [-0.3, -0.25) is 9.69 Å². The minimum absolute atomic E-state index is 0.145. The van der Waals surface area contributed by atoms with E-state index in [-0.39, 0.29) is 5.91 Å². The molecule has 0 unspecified atom stereocenters. The Morgan fingerprint density at radius 3 is 2.16 bits per heavy atom. The molecule has 0 bridgehead atoms. The normalized spacial score (nSPS) is 15.4. The van der Waals surface area contributed by atoms with E-state index in [0.29, 0.717) is 10.6 Å².